The molecule has 1 saturated heterocycles. The van der Waals surface area contributed by atoms with Crippen LogP contribution in [-0.4, -0.2) is 49.9 Å². The van der Waals surface area contributed by atoms with Gasteiger partial charge in [-0.1, -0.05) is 29.8 Å². The van der Waals surface area contributed by atoms with Gasteiger partial charge in [0.15, 0.2) is 15.1 Å². The minimum Gasteiger partial charge on any atom is -0.492 e. The molecule has 166 valence electrons. The molecule has 0 aromatic heterocycles. The maximum Gasteiger partial charge on any atom is 0.241 e. The summed E-state index contributed by atoms with van der Waals surface area (Å²) in [6, 6.07) is 13.5. The van der Waals surface area contributed by atoms with Gasteiger partial charge in [-0.3, -0.25) is 14.9 Å². The predicted octanol–water partition coefficient (Wildman–Crippen LogP) is 1.91. The van der Waals surface area contributed by atoms with Gasteiger partial charge >= 0.3 is 0 Å². The molecule has 2 atom stereocenters. The Morgan fingerprint density at radius 3 is 2.58 bits per heavy atom. The van der Waals surface area contributed by atoms with Gasteiger partial charge in [-0.05, 0) is 38.1 Å². The van der Waals surface area contributed by atoms with E-state index in [0.717, 1.165) is 5.56 Å². The van der Waals surface area contributed by atoms with Crippen molar-refractivity contribution in [3.8, 4) is 5.75 Å². The Labute approximate surface area is 186 Å². The van der Waals surface area contributed by atoms with E-state index in [0.29, 0.717) is 18.0 Å². The van der Waals surface area contributed by atoms with Gasteiger partial charge in [-0.25, -0.2) is 8.42 Å². The van der Waals surface area contributed by atoms with Crippen LogP contribution < -0.4 is 20.7 Å². The lowest BCUT2D eigenvalue weighted by atomic mass is 10.2. The molecule has 0 bridgehead atoms. The van der Waals surface area contributed by atoms with E-state index in [1.807, 2.05) is 19.9 Å². The lowest BCUT2D eigenvalue weighted by molar-refractivity contribution is -0.122. The first-order chi connectivity index (χ1) is 14.8. The summed E-state index contributed by atoms with van der Waals surface area (Å²) in [7, 11) is -3.81. The summed E-state index contributed by atoms with van der Waals surface area (Å²) in [5.74, 6) is -0.202. The SMILES string of the molecule is CCOc1ccccc1NC(=O)CSC1NCC(S(=O)(=O)c2ccc(C)cc2)C(=O)N1. The van der Waals surface area contributed by atoms with Gasteiger partial charge < -0.3 is 15.4 Å². The molecule has 0 spiro atoms. The van der Waals surface area contributed by atoms with Crippen molar-refractivity contribution in [2.45, 2.75) is 29.5 Å². The van der Waals surface area contributed by atoms with E-state index in [1.54, 1.807) is 30.3 Å². The zero-order chi connectivity index (χ0) is 22.4. The summed E-state index contributed by atoms with van der Waals surface area (Å²) in [4.78, 5) is 24.9. The monoisotopic (exact) mass is 463 g/mol. The van der Waals surface area contributed by atoms with Gasteiger partial charge in [-0.15, -0.1) is 11.8 Å². The minimum absolute atomic E-state index is 0.0332. The zero-order valence-corrected chi connectivity index (χ0v) is 18.9. The van der Waals surface area contributed by atoms with Crippen molar-refractivity contribution in [3.63, 3.8) is 0 Å². The minimum atomic E-state index is -3.81. The van der Waals surface area contributed by atoms with E-state index in [4.69, 9.17) is 4.74 Å². The standard InChI is InChI=1S/C21H25N3O5S2/c1-3-29-17-7-5-4-6-16(17)23-19(25)13-30-21-22-12-18(20(26)24-21)31(27,28)15-10-8-14(2)9-11-15/h4-11,18,21-22H,3,12-13H2,1-2H3,(H,23,25)(H,24,26). The van der Waals surface area contributed by atoms with E-state index >= 15 is 0 Å². The van der Waals surface area contributed by atoms with Crippen LogP contribution in [0.4, 0.5) is 5.69 Å². The highest BCUT2D eigenvalue weighted by Crippen LogP contribution is 2.24. The van der Waals surface area contributed by atoms with Crippen LogP contribution >= 0.6 is 11.8 Å². The van der Waals surface area contributed by atoms with Crippen molar-refractivity contribution in [2.75, 3.05) is 24.2 Å². The number of hydrogen-bond donors (Lipinski definition) is 3. The number of amides is 2. The molecule has 3 rings (SSSR count). The lowest BCUT2D eigenvalue weighted by Crippen LogP contribution is -2.59. The van der Waals surface area contributed by atoms with Crippen LogP contribution in [-0.2, 0) is 19.4 Å². The number of nitrogens with one attached hydrogen (secondary N) is 3. The second kappa shape index (κ2) is 10.2. The van der Waals surface area contributed by atoms with Crippen LogP contribution in [0, 0.1) is 6.92 Å². The first-order valence-corrected chi connectivity index (χ1v) is 12.4. The van der Waals surface area contributed by atoms with Gasteiger partial charge in [0.2, 0.25) is 11.8 Å². The Kier molecular flexibility index (Phi) is 7.58. The molecule has 10 heteroatoms. The van der Waals surface area contributed by atoms with E-state index in [2.05, 4.69) is 16.0 Å². The van der Waals surface area contributed by atoms with E-state index < -0.39 is 26.5 Å². The van der Waals surface area contributed by atoms with Gasteiger partial charge in [0.25, 0.3) is 0 Å². The summed E-state index contributed by atoms with van der Waals surface area (Å²) in [5.41, 5.74) is 0.938. The number of aryl methyl sites for hydroxylation is 1. The highest BCUT2D eigenvalue weighted by atomic mass is 32.2. The third-order valence-electron chi connectivity index (χ3n) is 4.62. The molecule has 1 heterocycles. The number of carbonyl (C=O) groups excluding carboxylic acids is 2. The molecular weight excluding hydrogens is 438 g/mol. The van der Waals surface area contributed by atoms with Crippen molar-refractivity contribution >= 4 is 39.1 Å². The average Bonchev–Trinajstić information content (AvgIpc) is 2.74. The maximum atomic E-state index is 12.8. The van der Waals surface area contributed by atoms with E-state index in [-0.39, 0.29) is 23.1 Å². The smallest absolute Gasteiger partial charge is 0.241 e. The Bertz CT molecular complexity index is 1040. The Balaban J connectivity index is 1.54. The van der Waals surface area contributed by atoms with Crippen molar-refractivity contribution < 1.29 is 22.7 Å². The number of para-hydroxylation sites is 2. The van der Waals surface area contributed by atoms with Crippen molar-refractivity contribution in [1.29, 1.82) is 0 Å². The summed E-state index contributed by atoms with van der Waals surface area (Å²) in [6.45, 7) is 4.16. The number of rotatable bonds is 8. The summed E-state index contributed by atoms with van der Waals surface area (Å²) in [5, 5.41) is 7.18. The van der Waals surface area contributed by atoms with Gasteiger partial charge in [0, 0.05) is 6.54 Å². The quantitative estimate of drug-likeness (QED) is 0.548. The molecule has 1 aliphatic rings. The fourth-order valence-electron chi connectivity index (χ4n) is 3.02. The van der Waals surface area contributed by atoms with Gasteiger partial charge in [-0.2, -0.15) is 0 Å². The second-order valence-corrected chi connectivity index (χ2v) is 10.2. The van der Waals surface area contributed by atoms with Gasteiger partial charge in [0.05, 0.1) is 22.9 Å². The second-order valence-electron chi connectivity index (χ2n) is 6.93. The van der Waals surface area contributed by atoms with Crippen molar-refractivity contribution in [3.05, 3.63) is 54.1 Å². The largest absolute Gasteiger partial charge is 0.492 e. The number of anilines is 1. The predicted molar refractivity (Wildman–Crippen MR) is 121 cm³/mol. The number of carbonyl (C=O) groups is 2. The zero-order valence-electron chi connectivity index (χ0n) is 17.3. The molecule has 0 saturated carbocycles. The van der Waals surface area contributed by atoms with Crippen LogP contribution in [0.15, 0.2) is 53.4 Å². The first kappa shape index (κ1) is 23.1. The van der Waals surface area contributed by atoms with Crippen LogP contribution in [0.3, 0.4) is 0 Å². The molecule has 1 aliphatic heterocycles. The Morgan fingerprint density at radius 1 is 1.19 bits per heavy atom. The highest BCUT2D eigenvalue weighted by molar-refractivity contribution is 8.00. The fraction of sp³-hybridized carbons (Fsp3) is 0.333. The molecule has 2 aromatic carbocycles. The Hall–Kier alpha value is -2.56. The fourth-order valence-corrected chi connectivity index (χ4v) is 5.33. The van der Waals surface area contributed by atoms with Crippen LogP contribution in [0.5, 0.6) is 5.75 Å². The first-order valence-electron chi connectivity index (χ1n) is 9.79. The average molecular weight is 464 g/mol. The van der Waals surface area contributed by atoms with E-state index in [9.17, 15) is 18.0 Å². The molecule has 2 amide bonds. The van der Waals surface area contributed by atoms with Gasteiger partial charge in [0.1, 0.15) is 11.2 Å². The van der Waals surface area contributed by atoms with Crippen molar-refractivity contribution in [1.82, 2.24) is 10.6 Å². The van der Waals surface area contributed by atoms with E-state index in [1.165, 1.54) is 23.9 Å². The number of sulfone groups is 1. The number of ether oxygens (including phenoxy) is 1. The third-order valence-corrected chi connectivity index (χ3v) is 7.73. The number of benzene rings is 2. The topological polar surface area (TPSA) is 114 Å². The molecule has 0 aliphatic carbocycles. The molecule has 3 N–H and O–H groups in total. The normalized spacial score (nSPS) is 18.8. The number of thioether (sulfide) groups is 1. The van der Waals surface area contributed by atoms with Crippen LogP contribution in [0.1, 0.15) is 12.5 Å². The highest BCUT2D eigenvalue weighted by Gasteiger charge is 2.38. The molecule has 31 heavy (non-hydrogen) atoms. The molecule has 0 radical (unpaired) electrons. The molecule has 2 aromatic rings. The molecular formula is C21H25N3O5S2. The molecule has 1 fully saturated rings. The number of hydrogen-bond acceptors (Lipinski definition) is 7. The molecule has 8 nitrogen and oxygen atoms in total. The summed E-state index contributed by atoms with van der Waals surface area (Å²) in [6.07, 6.45) is 0. The summed E-state index contributed by atoms with van der Waals surface area (Å²) < 4.78 is 31.1. The molecule has 2 unspecified atom stereocenters. The van der Waals surface area contributed by atoms with Crippen molar-refractivity contribution in [2.24, 2.45) is 0 Å². The summed E-state index contributed by atoms with van der Waals surface area (Å²) >= 11 is 1.17. The van der Waals surface area contributed by atoms with Crippen LogP contribution in [0.25, 0.3) is 0 Å². The maximum absolute atomic E-state index is 12.8. The van der Waals surface area contributed by atoms with Crippen LogP contribution in [0.2, 0.25) is 0 Å². The third kappa shape index (κ3) is 5.78. The Morgan fingerprint density at radius 2 is 1.90 bits per heavy atom. The lowest BCUT2D eigenvalue weighted by Gasteiger charge is -2.29.